The van der Waals surface area contributed by atoms with Crippen molar-refractivity contribution < 1.29 is 0 Å². The van der Waals surface area contributed by atoms with Crippen LogP contribution in [0.25, 0.3) is 75.8 Å². The molecule has 1 nitrogen and oxygen atoms in total. The Morgan fingerprint density at radius 2 is 0.903 bits per heavy atom. The lowest BCUT2D eigenvalue weighted by Crippen LogP contribution is -2.28. The maximum Gasteiger partial charge on any atom is 0.0540 e. The largest absolute Gasteiger partial charge is 0.310 e. The Balaban J connectivity index is 1.03. The van der Waals surface area contributed by atoms with Crippen LogP contribution in [0.1, 0.15) is 43.2 Å². The SMILES string of the molecule is c1ccc(-c2ccccc2-c2ccccc2-c2ccccc2N(c2ccc(-c3ccc4sc5ccccc5c4c3)cc2)c2ccc3c(c2)-c2ccccc2C32CCCCC2)cc1. The molecule has 10 aromatic rings. The van der Waals surface area contributed by atoms with Crippen molar-refractivity contribution in [1.29, 1.82) is 0 Å². The van der Waals surface area contributed by atoms with E-state index in [4.69, 9.17) is 0 Å². The predicted molar refractivity (Wildman–Crippen MR) is 265 cm³/mol. The summed E-state index contributed by atoms with van der Waals surface area (Å²) >= 11 is 1.87. The van der Waals surface area contributed by atoms with Crippen molar-refractivity contribution >= 4 is 48.6 Å². The second-order valence-electron chi connectivity index (χ2n) is 17.1. The second-order valence-corrected chi connectivity index (χ2v) is 18.2. The van der Waals surface area contributed by atoms with E-state index >= 15 is 0 Å². The lowest BCUT2D eigenvalue weighted by atomic mass is 9.68. The number of para-hydroxylation sites is 1. The normalized spacial score (nSPS) is 13.9. The number of thiophene rings is 1. The van der Waals surface area contributed by atoms with E-state index in [2.05, 4.69) is 217 Å². The van der Waals surface area contributed by atoms with Gasteiger partial charge in [-0.1, -0.05) is 183 Å². The van der Waals surface area contributed by atoms with Crippen molar-refractivity contribution in [3.8, 4) is 55.6 Å². The van der Waals surface area contributed by atoms with Crippen LogP contribution in [0.5, 0.6) is 0 Å². The Morgan fingerprint density at radius 1 is 0.339 bits per heavy atom. The zero-order valence-electron chi connectivity index (χ0n) is 34.6. The molecule has 1 heterocycles. The minimum Gasteiger partial charge on any atom is -0.310 e. The number of hydrogen-bond acceptors (Lipinski definition) is 2. The van der Waals surface area contributed by atoms with Crippen LogP contribution in [-0.2, 0) is 5.41 Å². The molecule has 0 unspecified atom stereocenters. The molecule has 9 aromatic carbocycles. The highest BCUT2D eigenvalue weighted by atomic mass is 32.1. The van der Waals surface area contributed by atoms with Gasteiger partial charge in [0.25, 0.3) is 0 Å². The van der Waals surface area contributed by atoms with Gasteiger partial charge in [0, 0.05) is 42.5 Å². The molecule has 0 saturated heterocycles. The fraction of sp³-hybridized carbons (Fsp3) is 0.100. The van der Waals surface area contributed by atoms with Gasteiger partial charge in [-0.2, -0.15) is 0 Å². The standard InChI is InChI=1S/C60H45NS/c1-3-17-42(18-4-1)46-19-5-6-20-47(46)48-21-7-8-22-49(48)51-24-10-13-27-57(51)61(45-34-35-56-53(40-45)50-23-9-12-26-55(50)60(56)37-15-2-16-38-60)44-32-29-41(30-33-44)43-31-36-59-54(39-43)52-25-11-14-28-58(52)62-59/h1,3-14,17-36,39-40H,2,15-16,37-38H2. The Kier molecular flexibility index (Phi) is 9.01. The van der Waals surface area contributed by atoms with E-state index in [1.807, 2.05) is 11.3 Å². The quantitative estimate of drug-likeness (QED) is 0.155. The van der Waals surface area contributed by atoms with Gasteiger partial charge in [0.15, 0.2) is 0 Å². The molecular weight excluding hydrogens is 767 g/mol. The third-order valence-corrected chi connectivity index (χ3v) is 14.9. The summed E-state index contributed by atoms with van der Waals surface area (Å²) in [6.45, 7) is 0. The summed E-state index contributed by atoms with van der Waals surface area (Å²) in [6.07, 6.45) is 6.33. The molecule has 1 fully saturated rings. The zero-order chi connectivity index (χ0) is 41.0. The maximum atomic E-state index is 2.50. The van der Waals surface area contributed by atoms with Crippen LogP contribution >= 0.6 is 11.3 Å². The fourth-order valence-electron chi connectivity index (χ4n) is 10.9. The highest BCUT2D eigenvalue weighted by Crippen LogP contribution is 2.57. The van der Waals surface area contributed by atoms with Crippen LogP contribution in [0.15, 0.2) is 212 Å². The molecule has 1 spiro atoms. The fourth-order valence-corrected chi connectivity index (χ4v) is 11.9. The number of nitrogens with zero attached hydrogens (tertiary/aromatic N) is 1. The summed E-state index contributed by atoms with van der Waals surface area (Å²) in [5, 5.41) is 2.65. The summed E-state index contributed by atoms with van der Waals surface area (Å²) in [6, 6.07) is 79.2. The summed E-state index contributed by atoms with van der Waals surface area (Å²) in [7, 11) is 0. The number of benzene rings is 9. The second kappa shape index (κ2) is 15.2. The van der Waals surface area contributed by atoms with Gasteiger partial charge in [0.05, 0.1) is 5.69 Å². The average molecular weight is 812 g/mol. The number of hydrogen-bond donors (Lipinski definition) is 0. The van der Waals surface area contributed by atoms with Crippen molar-refractivity contribution in [1.82, 2.24) is 0 Å². The molecule has 2 aliphatic rings. The first-order valence-corrected chi connectivity index (χ1v) is 22.9. The van der Waals surface area contributed by atoms with E-state index in [0.717, 1.165) is 11.4 Å². The van der Waals surface area contributed by atoms with E-state index in [9.17, 15) is 0 Å². The molecule has 1 aromatic heterocycles. The van der Waals surface area contributed by atoms with Crippen LogP contribution < -0.4 is 4.90 Å². The Bertz CT molecular complexity index is 3280. The molecule has 12 rings (SSSR count). The van der Waals surface area contributed by atoms with Gasteiger partial charge in [0.1, 0.15) is 0 Å². The summed E-state index contributed by atoms with van der Waals surface area (Å²) in [5.41, 5.74) is 19.1. The first kappa shape index (κ1) is 36.8. The summed E-state index contributed by atoms with van der Waals surface area (Å²) < 4.78 is 2.66. The molecular formula is C60H45NS. The number of rotatable bonds is 7. The third kappa shape index (κ3) is 6.04. The Morgan fingerprint density at radius 3 is 1.69 bits per heavy atom. The van der Waals surface area contributed by atoms with E-state index in [-0.39, 0.29) is 5.41 Å². The number of anilines is 3. The molecule has 2 aliphatic carbocycles. The van der Waals surface area contributed by atoms with Gasteiger partial charge >= 0.3 is 0 Å². The molecule has 0 amide bonds. The first-order valence-electron chi connectivity index (χ1n) is 22.1. The summed E-state index contributed by atoms with van der Waals surface area (Å²) in [4.78, 5) is 2.50. The van der Waals surface area contributed by atoms with Gasteiger partial charge in [-0.05, 0) is 123 Å². The molecule has 0 N–H and O–H groups in total. The first-order chi connectivity index (χ1) is 30.7. The number of fused-ring (bicyclic) bond motifs is 8. The van der Waals surface area contributed by atoms with Gasteiger partial charge in [0.2, 0.25) is 0 Å². The van der Waals surface area contributed by atoms with Gasteiger partial charge in [-0.3, -0.25) is 0 Å². The van der Waals surface area contributed by atoms with E-state index in [0.29, 0.717) is 0 Å². The minimum atomic E-state index is 0.104. The van der Waals surface area contributed by atoms with E-state index < -0.39 is 0 Å². The topological polar surface area (TPSA) is 3.24 Å². The molecule has 0 atom stereocenters. The Labute approximate surface area is 368 Å². The molecule has 0 radical (unpaired) electrons. The molecule has 0 aliphatic heterocycles. The van der Waals surface area contributed by atoms with Crippen molar-refractivity contribution in [2.45, 2.75) is 37.5 Å². The van der Waals surface area contributed by atoms with Crippen LogP contribution in [0.4, 0.5) is 17.1 Å². The van der Waals surface area contributed by atoms with E-state index in [1.165, 1.54) is 125 Å². The molecule has 1 saturated carbocycles. The van der Waals surface area contributed by atoms with Crippen molar-refractivity contribution in [2.24, 2.45) is 0 Å². The zero-order valence-corrected chi connectivity index (χ0v) is 35.4. The van der Waals surface area contributed by atoms with Crippen molar-refractivity contribution in [3.63, 3.8) is 0 Å². The summed E-state index contributed by atoms with van der Waals surface area (Å²) in [5.74, 6) is 0. The van der Waals surface area contributed by atoms with Gasteiger partial charge in [-0.15, -0.1) is 11.3 Å². The van der Waals surface area contributed by atoms with E-state index in [1.54, 1.807) is 0 Å². The van der Waals surface area contributed by atoms with Crippen molar-refractivity contribution in [3.05, 3.63) is 223 Å². The third-order valence-electron chi connectivity index (χ3n) is 13.7. The van der Waals surface area contributed by atoms with Crippen LogP contribution in [0, 0.1) is 0 Å². The highest BCUT2D eigenvalue weighted by molar-refractivity contribution is 7.25. The lowest BCUT2D eigenvalue weighted by Gasteiger charge is -2.36. The van der Waals surface area contributed by atoms with Gasteiger partial charge < -0.3 is 4.90 Å². The van der Waals surface area contributed by atoms with Crippen LogP contribution in [0.3, 0.4) is 0 Å². The molecule has 2 heteroatoms. The monoisotopic (exact) mass is 811 g/mol. The lowest BCUT2D eigenvalue weighted by molar-refractivity contribution is 0.353. The average Bonchev–Trinajstić information content (AvgIpc) is 3.85. The van der Waals surface area contributed by atoms with Crippen LogP contribution in [-0.4, -0.2) is 0 Å². The Hall–Kier alpha value is -7.00. The molecule has 296 valence electrons. The minimum absolute atomic E-state index is 0.104. The van der Waals surface area contributed by atoms with Crippen LogP contribution in [0.2, 0.25) is 0 Å². The molecule has 0 bridgehead atoms. The maximum absolute atomic E-state index is 2.50. The van der Waals surface area contributed by atoms with Gasteiger partial charge in [-0.25, -0.2) is 0 Å². The molecule has 62 heavy (non-hydrogen) atoms. The highest BCUT2D eigenvalue weighted by Gasteiger charge is 2.43. The smallest absolute Gasteiger partial charge is 0.0540 e. The van der Waals surface area contributed by atoms with Crippen molar-refractivity contribution in [2.75, 3.05) is 4.90 Å². The predicted octanol–water partition coefficient (Wildman–Crippen LogP) is 17.4.